The first kappa shape index (κ1) is 61.9. The summed E-state index contributed by atoms with van der Waals surface area (Å²) < 4.78 is 18.0. The third-order valence-corrected chi connectivity index (χ3v) is 19.6. The minimum atomic E-state index is 1.01. The van der Waals surface area contributed by atoms with E-state index in [2.05, 4.69) is 370 Å². The van der Waals surface area contributed by atoms with Crippen molar-refractivity contribution >= 4 is 76.1 Å². The Morgan fingerprint density at radius 3 is 1.31 bits per heavy atom. The van der Waals surface area contributed by atoms with Crippen LogP contribution in [0.3, 0.4) is 0 Å². The number of rotatable bonds is 6. The van der Waals surface area contributed by atoms with Crippen LogP contribution in [0, 0.1) is 41.5 Å². The Kier molecular flexibility index (Phi) is 16.6. The molecule has 11 aromatic carbocycles. The van der Waals surface area contributed by atoms with E-state index >= 15 is 0 Å². The van der Waals surface area contributed by atoms with Gasteiger partial charge in [-0.15, -0.1) is 0 Å². The predicted molar refractivity (Wildman–Crippen MR) is 395 cm³/mol. The van der Waals surface area contributed by atoms with Crippen molar-refractivity contribution in [2.45, 2.75) is 41.5 Å². The molecule has 0 aliphatic carbocycles. The predicted octanol–water partition coefficient (Wildman–Crippen LogP) is 17.7. The molecule has 0 aliphatic rings. The SMILES string of the molecule is Cc1c(-c2n(-c3cccc4ccccc34)cc[n+]2C)ncc2ccccc12.Cc1c(-c2n(C)c3ccccc3[n+]2C)ccc2ccccc12.Cc1c(-c2n(C)c3ccccc3[n+]2C)ccc2ccccc12.Cc1cccc(C)c1-n1cc[n+](C)c1-c1cnc2ccccc2c1C. The number of aryl methyl sites for hydroxylation is 12. The average Bonchev–Trinajstić information content (AvgIpc) is 1.68. The van der Waals surface area contributed by atoms with Crippen molar-refractivity contribution in [1.29, 1.82) is 0 Å². The molecule has 0 saturated carbocycles. The van der Waals surface area contributed by atoms with Gasteiger partial charge < -0.3 is 0 Å². The van der Waals surface area contributed by atoms with Gasteiger partial charge in [-0.2, -0.15) is 9.13 Å². The molecule has 0 bridgehead atoms. The van der Waals surface area contributed by atoms with E-state index in [0.717, 1.165) is 34.1 Å². The highest BCUT2D eigenvalue weighted by Gasteiger charge is 2.28. The van der Waals surface area contributed by atoms with Crippen LogP contribution in [0.4, 0.5) is 0 Å². The molecule has 0 N–H and O–H groups in total. The van der Waals surface area contributed by atoms with E-state index in [0.29, 0.717) is 0 Å². The van der Waals surface area contributed by atoms with Crippen LogP contribution in [0.25, 0.3) is 133 Å². The van der Waals surface area contributed by atoms with Gasteiger partial charge in [0.25, 0.3) is 17.5 Å². The van der Waals surface area contributed by atoms with Crippen molar-refractivity contribution in [1.82, 2.24) is 28.2 Å². The highest BCUT2D eigenvalue weighted by Crippen LogP contribution is 2.35. The molecule has 470 valence electrons. The molecule has 0 saturated heterocycles. The zero-order valence-electron chi connectivity index (χ0n) is 56.9. The maximum absolute atomic E-state index is 4.83. The number of imidazole rings is 4. The van der Waals surface area contributed by atoms with Crippen LogP contribution in [0.5, 0.6) is 0 Å². The fraction of sp³-hybridized carbons (Fsp3) is 0.140. The van der Waals surface area contributed by atoms with E-state index in [1.807, 2.05) is 18.5 Å². The van der Waals surface area contributed by atoms with Gasteiger partial charge in [0.15, 0.2) is 27.8 Å². The Bertz CT molecular complexity index is 5560. The molecule has 0 unspecified atom stereocenters. The van der Waals surface area contributed by atoms with E-state index in [9.17, 15) is 0 Å². The number of para-hydroxylation sites is 6. The Hall–Kier alpha value is -11.6. The smallest absolute Gasteiger partial charge is 0.255 e. The fourth-order valence-electron chi connectivity index (χ4n) is 14.6. The number of hydrogen-bond donors (Lipinski definition) is 0. The standard InChI is InChI=1S/C24H20N3.C22H22N3.2C20H19N2/c1-17-20-11-5-4-9-19(20)16-25-23(17)24-26(2)14-15-27(24)22-13-7-10-18-8-3-6-12-21(18)22;1-15-8-7-9-16(2)21(15)25-13-12-24(4)22(25)19-14-23-20-11-6-5-10-18(20)17(19)3;2*1-14-16-9-5-4-8-15(16)12-13-17(14)20-21(2)18-10-6-7-11-19(18)22(20)3/h3-16H,1-2H3;5-14H,1-4H3;2*4-13H,1-3H3/q4*+1. The molecule has 17 aromatic rings. The third kappa shape index (κ3) is 10.9. The summed E-state index contributed by atoms with van der Waals surface area (Å²) in [6, 6.07) is 81.3. The maximum atomic E-state index is 4.83. The lowest BCUT2D eigenvalue weighted by atomic mass is 9.99. The van der Waals surface area contributed by atoms with Gasteiger partial charge in [0, 0.05) is 28.6 Å². The van der Waals surface area contributed by atoms with Crippen molar-refractivity contribution in [2.24, 2.45) is 42.3 Å². The molecule has 0 aliphatic heterocycles. The molecule has 17 rings (SSSR count). The lowest BCUT2D eigenvalue weighted by Gasteiger charge is -2.11. The number of benzene rings is 11. The molecule has 0 spiro atoms. The molecule has 96 heavy (non-hydrogen) atoms. The quantitative estimate of drug-likeness (QED) is 0.156. The largest absolute Gasteiger partial charge is 0.313 e. The van der Waals surface area contributed by atoms with Crippen LogP contribution in [0.2, 0.25) is 0 Å². The molecule has 0 atom stereocenters. The summed E-state index contributed by atoms with van der Waals surface area (Å²) in [4.78, 5) is 9.53. The molecule has 6 heterocycles. The lowest BCUT2D eigenvalue weighted by Crippen LogP contribution is -2.30. The van der Waals surface area contributed by atoms with Crippen molar-refractivity contribution in [3.8, 4) is 57.1 Å². The van der Waals surface area contributed by atoms with Gasteiger partial charge in [0.1, 0.15) is 36.2 Å². The van der Waals surface area contributed by atoms with E-state index < -0.39 is 0 Å². The molecular weight excluding hydrogens is 1170 g/mol. The highest BCUT2D eigenvalue weighted by atomic mass is 15.2. The number of fused-ring (bicyclic) bond motifs is 7. The van der Waals surface area contributed by atoms with Gasteiger partial charge in [0.2, 0.25) is 0 Å². The topological polar surface area (TPSA) is 61.0 Å². The highest BCUT2D eigenvalue weighted by molar-refractivity contribution is 5.95. The molecule has 0 fully saturated rings. The second-order valence-corrected chi connectivity index (χ2v) is 25.4. The summed E-state index contributed by atoms with van der Waals surface area (Å²) >= 11 is 0. The first-order valence-electron chi connectivity index (χ1n) is 32.9. The molecule has 10 heteroatoms. The summed E-state index contributed by atoms with van der Waals surface area (Å²) in [5, 5.41) is 11.3. The lowest BCUT2D eigenvalue weighted by molar-refractivity contribution is -0.659. The number of pyridine rings is 2. The minimum absolute atomic E-state index is 1.01. The average molecular weight is 1250 g/mol. The summed E-state index contributed by atoms with van der Waals surface area (Å²) in [6.07, 6.45) is 12.4. The van der Waals surface area contributed by atoms with Gasteiger partial charge in [-0.3, -0.25) is 4.98 Å². The van der Waals surface area contributed by atoms with E-state index in [1.54, 1.807) is 0 Å². The van der Waals surface area contributed by atoms with Crippen molar-refractivity contribution in [3.63, 3.8) is 0 Å². The Morgan fingerprint density at radius 1 is 0.323 bits per heavy atom. The summed E-state index contributed by atoms with van der Waals surface area (Å²) in [5.41, 5.74) is 20.9. The van der Waals surface area contributed by atoms with Gasteiger partial charge >= 0.3 is 5.82 Å². The van der Waals surface area contributed by atoms with Crippen LogP contribution in [0.15, 0.2) is 268 Å². The Labute approximate surface area is 561 Å². The van der Waals surface area contributed by atoms with Crippen LogP contribution in [-0.2, 0) is 42.3 Å². The second-order valence-electron chi connectivity index (χ2n) is 25.4. The first-order chi connectivity index (χ1) is 46.7. The summed E-state index contributed by atoms with van der Waals surface area (Å²) in [7, 11) is 12.7. The van der Waals surface area contributed by atoms with Gasteiger partial charge in [0.05, 0.1) is 64.5 Å². The molecule has 6 aromatic heterocycles. The van der Waals surface area contributed by atoms with Gasteiger partial charge in [-0.05, 0) is 156 Å². The zero-order chi connectivity index (χ0) is 66.5. The number of nitrogens with zero attached hydrogens (tertiary/aromatic N) is 10. The van der Waals surface area contributed by atoms with Crippen LogP contribution in [-0.4, -0.2) is 28.2 Å². The third-order valence-electron chi connectivity index (χ3n) is 19.6. The normalized spacial score (nSPS) is 11.3. The summed E-state index contributed by atoms with van der Waals surface area (Å²) in [5.74, 6) is 4.71. The molecule has 0 amide bonds. The number of hydrogen-bond acceptors (Lipinski definition) is 2. The van der Waals surface area contributed by atoms with Crippen molar-refractivity contribution in [3.05, 3.63) is 301 Å². The maximum Gasteiger partial charge on any atom is 0.313 e. The van der Waals surface area contributed by atoms with E-state index in [4.69, 9.17) is 9.97 Å². The monoisotopic (exact) mass is 1250 g/mol. The van der Waals surface area contributed by atoms with Crippen molar-refractivity contribution in [2.75, 3.05) is 0 Å². The van der Waals surface area contributed by atoms with E-state index in [-0.39, 0.29) is 0 Å². The van der Waals surface area contributed by atoms with Crippen LogP contribution in [0.1, 0.15) is 33.4 Å². The molecular formula is C86H80N10+4. The van der Waals surface area contributed by atoms with Crippen LogP contribution >= 0.6 is 0 Å². The van der Waals surface area contributed by atoms with Gasteiger partial charge in [-0.1, -0.05) is 182 Å². The van der Waals surface area contributed by atoms with Gasteiger partial charge in [-0.25, -0.2) is 32.4 Å². The van der Waals surface area contributed by atoms with Crippen LogP contribution < -0.4 is 18.3 Å². The fourth-order valence-corrected chi connectivity index (χ4v) is 14.6. The molecule has 10 nitrogen and oxygen atoms in total. The van der Waals surface area contributed by atoms with Crippen molar-refractivity contribution < 1.29 is 18.3 Å². The minimum Gasteiger partial charge on any atom is -0.255 e. The van der Waals surface area contributed by atoms with E-state index in [1.165, 1.54) is 132 Å². The number of aromatic nitrogens is 10. The summed E-state index contributed by atoms with van der Waals surface area (Å²) in [6.45, 7) is 13.1. The Balaban J connectivity index is 0.000000110. The first-order valence-corrected chi connectivity index (χ1v) is 32.9. The molecule has 0 radical (unpaired) electrons. The zero-order valence-corrected chi connectivity index (χ0v) is 56.9. The Morgan fingerprint density at radius 2 is 0.750 bits per heavy atom. The second kappa shape index (κ2) is 25.7.